The second-order valence-corrected chi connectivity index (χ2v) is 11.9. The lowest BCUT2D eigenvalue weighted by molar-refractivity contribution is -0.384. The molecule has 0 aromatic heterocycles. The minimum atomic E-state index is -2.01. The molecule has 0 bridgehead atoms. The molecule has 20 atom stereocenters. The Hall–Kier alpha value is -1.29. The van der Waals surface area contributed by atoms with E-state index >= 15 is 0 Å². The highest BCUT2D eigenvalue weighted by atomic mass is 16.8. The van der Waals surface area contributed by atoms with E-state index in [0.29, 0.717) is 0 Å². The standard InChI is InChI=1S/C26H45NO20/c1-6-12(32)22(19(39)26(41-6)46-21-11(27-7(2)31)23(40)42-9(4-29)14(21)34)47-25-18(38)16(36)20(10(5-30)44-25)45-24-17(37)15(35)13(33)8(3-28)43-24/h6,8-26,28-30,32-40H,3-5H2,1-2H3,(H,27,31)/t6-,8+,9+,10+,11-,12-,13+,14+,15-,16+,17+,18+,19+,20+,21+,22+,23+,24+,25+,26-/m0/s1. The summed E-state index contributed by atoms with van der Waals surface area (Å²) in [5.74, 6) is -0.648. The van der Waals surface area contributed by atoms with Crippen molar-refractivity contribution in [2.75, 3.05) is 19.8 Å². The molecule has 0 aliphatic carbocycles. The minimum Gasteiger partial charge on any atom is -0.394 e. The predicted molar refractivity (Wildman–Crippen MR) is 144 cm³/mol. The Kier molecular flexibility index (Phi) is 13.2. The van der Waals surface area contributed by atoms with Crippen molar-refractivity contribution in [3.8, 4) is 0 Å². The van der Waals surface area contributed by atoms with Gasteiger partial charge in [-0.25, -0.2) is 0 Å². The molecule has 0 radical (unpaired) electrons. The molecule has 0 aromatic rings. The Bertz CT molecular complexity index is 1010. The molecular weight excluding hydrogens is 646 g/mol. The number of hydrogen-bond acceptors (Lipinski definition) is 20. The lowest BCUT2D eigenvalue weighted by Gasteiger charge is -2.49. The zero-order valence-electron chi connectivity index (χ0n) is 25.3. The van der Waals surface area contributed by atoms with Crippen LogP contribution in [0.25, 0.3) is 0 Å². The number of hydrogen-bond donors (Lipinski definition) is 13. The Balaban J connectivity index is 1.48. The van der Waals surface area contributed by atoms with Gasteiger partial charge >= 0.3 is 0 Å². The Morgan fingerprint density at radius 2 is 1.04 bits per heavy atom. The van der Waals surface area contributed by atoms with Crippen LogP contribution in [0.1, 0.15) is 13.8 Å². The largest absolute Gasteiger partial charge is 0.394 e. The molecule has 4 saturated heterocycles. The third-order valence-electron chi connectivity index (χ3n) is 8.57. The van der Waals surface area contributed by atoms with E-state index < -0.39 is 148 Å². The second-order valence-electron chi connectivity index (χ2n) is 11.9. The number of aliphatic hydroxyl groups is 12. The first-order valence-electron chi connectivity index (χ1n) is 15.0. The van der Waals surface area contributed by atoms with Crippen LogP contribution in [0, 0.1) is 0 Å². The van der Waals surface area contributed by atoms with Gasteiger partial charge in [-0.15, -0.1) is 0 Å². The van der Waals surface area contributed by atoms with Gasteiger partial charge in [0.25, 0.3) is 0 Å². The second kappa shape index (κ2) is 16.2. The van der Waals surface area contributed by atoms with Gasteiger partial charge in [-0.2, -0.15) is 0 Å². The van der Waals surface area contributed by atoms with Crippen molar-refractivity contribution >= 4 is 5.91 Å². The summed E-state index contributed by atoms with van der Waals surface area (Å²) in [6.45, 7) is 0.0542. The van der Waals surface area contributed by atoms with Gasteiger partial charge in [0.2, 0.25) is 5.91 Å². The van der Waals surface area contributed by atoms with Gasteiger partial charge in [0.1, 0.15) is 91.5 Å². The molecule has 21 heteroatoms. The van der Waals surface area contributed by atoms with E-state index in [0.717, 1.165) is 6.92 Å². The number of nitrogens with one attached hydrogen (secondary N) is 1. The molecule has 4 rings (SSSR count). The number of carbonyl (C=O) groups is 1. The summed E-state index contributed by atoms with van der Waals surface area (Å²) in [5.41, 5.74) is 0. The summed E-state index contributed by atoms with van der Waals surface area (Å²) >= 11 is 0. The van der Waals surface area contributed by atoms with Crippen LogP contribution in [0.3, 0.4) is 0 Å². The highest BCUT2D eigenvalue weighted by Crippen LogP contribution is 2.34. The molecule has 4 heterocycles. The zero-order chi connectivity index (χ0) is 34.9. The van der Waals surface area contributed by atoms with E-state index in [-0.39, 0.29) is 0 Å². The van der Waals surface area contributed by atoms with E-state index in [1.165, 1.54) is 6.92 Å². The Morgan fingerprint density at radius 3 is 1.62 bits per heavy atom. The third-order valence-corrected chi connectivity index (χ3v) is 8.57. The van der Waals surface area contributed by atoms with Crippen LogP contribution in [0.2, 0.25) is 0 Å². The summed E-state index contributed by atoms with van der Waals surface area (Å²) in [7, 11) is 0. The van der Waals surface area contributed by atoms with Crippen molar-refractivity contribution in [2.24, 2.45) is 0 Å². The number of carbonyl (C=O) groups excluding carboxylic acids is 1. The number of aliphatic hydroxyl groups excluding tert-OH is 12. The molecule has 4 aliphatic rings. The predicted octanol–water partition coefficient (Wildman–Crippen LogP) is -8.58. The number of rotatable bonds is 10. The van der Waals surface area contributed by atoms with E-state index in [1.807, 2.05) is 0 Å². The van der Waals surface area contributed by atoms with Crippen LogP contribution >= 0.6 is 0 Å². The molecule has 0 spiro atoms. The first kappa shape index (κ1) is 38.5. The summed E-state index contributed by atoms with van der Waals surface area (Å²) < 4.78 is 38.5. The van der Waals surface area contributed by atoms with Crippen molar-refractivity contribution in [1.29, 1.82) is 0 Å². The van der Waals surface area contributed by atoms with Gasteiger partial charge in [-0.1, -0.05) is 0 Å². The molecule has 4 fully saturated rings. The van der Waals surface area contributed by atoms with Crippen LogP contribution in [0.4, 0.5) is 0 Å². The molecule has 47 heavy (non-hydrogen) atoms. The van der Waals surface area contributed by atoms with Crippen LogP contribution in [-0.4, -0.2) is 210 Å². The highest BCUT2D eigenvalue weighted by Gasteiger charge is 2.55. The van der Waals surface area contributed by atoms with E-state index in [4.69, 9.17) is 33.2 Å². The SMILES string of the molecule is CC(=O)N[C@H]1[C@@H](O[C@@H]2O[C@@H](C)[C@H](O)[C@@H](O[C@H]3O[C@H](CO)[C@@H](O[C@H]4O[C@H](CO)[C@@H](O)[C@H](O)[C@H]4O)[C@H](O)[C@H]3O)[C@H]2O)[C@H](O)[C@@H](CO)O[C@H]1O. The van der Waals surface area contributed by atoms with E-state index in [2.05, 4.69) is 5.32 Å². The first-order valence-corrected chi connectivity index (χ1v) is 15.0. The lowest BCUT2D eigenvalue weighted by atomic mass is 9.95. The van der Waals surface area contributed by atoms with Crippen molar-refractivity contribution in [3.63, 3.8) is 0 Å². The fourth-order valence-electron chi connectivity index (χ4n) is 5.88. The smallest absolute Gasteiger partial charge is 0.217 e. The van der Waals surface area contributed by atoms with E-state index in [1.54, 1.807) is 0 Å². The van der Waals surface area contributed by atoms with Crippen molar-refractivity contribution < 1.29 is 99.2 Å². The lowest BCUT2D eigenvalue weighted by Crippen LogP contribution is -2.68. The van der Waals surface area contributed by atoms with Crippen molar-refractivity contribution in [1.82, 2.24) is 5.32 Å². The quantitative estimate of drug-likeness (QED) is 0.101. The maximum atomic E-state index is 11.8. The normalized spacial score (nSPS) is 51.0. The van der Waals surface area contributed by atoms with Gasteiger partial charge in [0, 0.05) is 6.92 Å². The zero-order valence-corrected chi connectivity index (χ0v) is 25.3. The monoisotopic (exact) mass is 691 g/mol. The van der Waals surface area contributed by atoms with E-state index in [9.17, 15) is 66.1 Å². The number of ether oxygens (including phenoxy) is 7. The molecule has 21 nitrogen and oxygen atoms in total. The molecule has 4 aliphatic heterocycles. The topological polar surface area (TPSA) is 336 Å². The molecule has 274 valence electrons. The first-order chi connectivity index (χ1) is 22.1. The maximum Gasteiger partial charge on any atom is 0.217 e. The molecular formula is C26H45NO20. The maximum absolute atomic E-state index is 11.8. The fraction of sp³-hybridized carbons (Fsp3) is 0.962. The third kappa shape index (κ3) is 8.04. The van der Waals surface area contributed by atoms with Gasteiger partial charge in [-0.05, 0) is 6.92 Å². The van der Waals surface area contributed by atoms with Crippen LogP contribution in [0.15, 0.2) is 0 Å². The van der Waals surface area contributed by atoms with Crippen molar-refractivity contribution in [3.05, 3.63) is 0 Å². The highest BCUT2D eigenvalue weighted by molar-refractivity contribution is 5.73. The van der Waals surface area contributed by atoms with Gasteiger partial charge in [0.05, 0.1) is 25.9 Å². The van der Waals surface area contributed by atoms with Gasteiger partial charge in [-0.3, -0.25) is 4.79 Å². The van der Waals surface area contributed by atoms with Gasteiger partial charge in [0.15, 0.2) is 25.2 Å². The number of amides is 1. The Morgan fingerprint density at radius 1 is 0.553 bits per heavy atom. The van der Waals surface area contributed by atoms with Gasteiger partial charge < -0.3 is 99.8 Å². The molecule has 0 aromatic carbocycles. The molecule has 0 unspecified atom stereocenters. The molecule has 13 N–H and O–H groups in total. The summed E-state index contributed by atoms with van der Waals surface area (Å²) in [6.07, 6.45) is -32.0. The summed E-state index contributed by atoms with van der Waals surface area (Å²) in [4.78, 5) is 11.8. The Labute approximate surface area is 267 Å². The minimum absolute atomic E-state index is 0.648. The average molecular weight is 692 g/mol. The van der Waals surface area contributed by atoms with Crippen LogP contribution < -0.4 is 5.32 Å². The summed E-state index contributed by atoms with van der Waals surface area (Å²) in [6, 6.07) is -1.41. The fourth-order valence-corrected chi connectivity index (χ4v) is 5.88. The average Bonchev–Trinajstić information content (AvgIpc) is 3.03. The van der Waals surface area contributed by atoms with Crippen LogP contribution in [-0.2, 0) is 38.0 Å². The molecule has 0 saturated carbocycles. The van der Waals surface area contributed by atoms with Crippen molar-refractivity contribution in [2.45, 2.75) is 137 Å². The van der Waals surface area contributed by atoms with Crippen LogP contribution in [0.5, 0.6) is 0 Å². The molecule has 1 amide bonds. The summed E-state index contributed by atoms with van der Waals surface area (Å²) in [5, 5.41) is 127.